The van der Waals surface area contributed by atoms with Gasteiger partial charge in [-0.2, -0.15) is 5.10 Å². The molecule has 0 bridgehead atoms. The summed E-state index contributed by atoms with van der Waals surface area (Å²) >= 11 is 7.73. The molecule has 1 aliphatic heterocycles. The van der Waals surface area contributed by atoms with Gasteiger partial charge in [0.25, 0.3) is 0 Å². The Bertz CT molecular complexity index is 708. The number of para-hydroxylation sites is 1. The van der Waals surface area contributed by atoms with Crippen LogP contribution in [-0.2, 0) is 0 Å². The molecule has 0 aliphatic carbocycles. The average Bonchev–Trinajstić information content (AvgIpc) is 2.51. The fourth-order valence-corrected chi connectivity index (χ4v) is 2.88. The van der Waals surface area contributed by atoms with E-state index in [4.69, 9.17) is 11.6 Å². The Morgan fingerprint density at radius 3 is 2.57 bits per heavy atom. The summed E-state index contributed by atoms with van der Waals surface area (Å²) in [5, 5.41) is 5.81. The minimum atomic E-state index is 0.640. The van der Waals surface area contributed by atoms with E-state index in [1.165, 1.54) is 5.56 Å². The Balaban J connectivity index is 1.77. The van der Waals surface area contributed by atoms with Crippen molar-refractivity contribution in [3.63, 3.8) is 0 Å². The minimum absolute atomic E-state index is 0.640. The fraction of sp³-hybridized carbons (Fsp3) is 0.125. The van der Waals surface area contributed by atoms with Gasteiger partial charge in [-0.1, -0.05) is 65.3 Å². The lowest BCUT2D eigenvalue weighted by Gasteiger charge is -2.15. The molecule has 0 radical (unpaired) electrons. The number of hydrazone groups is 1. The predicted octanol–water partition coefficient (Wildman–Crippen LogP) is 4.38. The first-order valence-corrected chi connectivity index (χ1v) is 7.94. The summed E-state index contributed by atoms with van der Waals surface area (Å²) < 4.78 is 0. The molecule has 5 heteroatoms. The van der Waals surface area contributed by atoms with Crippen molar-refractivity contribution in [1.82, 2.24) is 5.43 Å². The molecule has 0 fully saturated rings. The van der Waals surface area contributed by atoms with Crippen LogP contribution < -0.4 is 5.43 Å². The summed E-state index contributed by atoms with van der Waals surface area (Å²) in [5.74, 6) is 0.791. The molecule has 2 aromatic rings. The molecule has 1 N–H and O–H groups in total. The van der Waals surface area contributed by atoms with Crippen LogP contribution in [0.15, 0.2) is 58.6 Å². The fourth-order valence-electron chi connectivity index (χ4n) is 1.92. The molecule has 0 saturated carbocycles. The van der Waals surface area contributed by atoms with Crippen LogP contribution in [0.4, 0.5) is 5.69 Å². The molecule has 21 heavy (non-hydrogen) atoms. The van der Waals surface area contributed by atoms with Gasteiger partial charge in [-0.3, -0.25) is 5.43 Å². The van der Waals surface area contributed by atoms with Crippen molar-refractivity contribution in [3.8, 4) is 0 Å². The molecule has 0 saturated heterocycles. The van der Waals surface area contributed by atoms with Crippen molar-refractivity contribution < 1.29 is 0 Å². The van der Waals surface area contributed by atoms with Crippen LogP contribution in [0.3, 0.4) is 0 Å². The van der Waals surface area contributed by atoms with Gasteiger partial charge in [0.05, 0.1) is 16.4 Å². The van der Waals surface area contributed by atoms with Gasteiger partial charge in [0, 0.05) is 5.75 Å². The van der Waals surface area contributed by atoms with E-state index < -0.39 is 0 Å². The SMILES string of the molecule is Cc1ccc(C2=NNC(=Nc3ccccc3Cl)SC2)cc1. The van der Waals surface area contributed by atoms with Gasteiger partial charge in [0.1, 0.15) is 0 Å². The highest BCUT2D eigenvalue weighted by Gasteiger charge is 2.13. The maximum atomic E-state index is 6.10. The number of benzene rings is 2. The lowest BCUT2D eigenvalue weighted by atomic mass is 10.1. The first-order valence-electron chi connectivity index (χ1n) is 6.58. The molecule has 0 spiro atoms. The molecule has 0 atom stereocenters. The summed E-state index contributed by atoms with van der Waals surface area (Å²) in [6, 6.07) is 15.9. The number of hydrogen-bond acceptors (Lipinski definition) is 3. The zero-order valence-electron chi connectivity index (χ0n) is 11.5. The Labute approximate surface area is 133 Å². The van der Waals surface area contributed by atoms with E-state index in [1.54, 1.807) is 11.8 Å². The van der Waals surface area contributed by atoms with Gasteiger partial charge in [-0.15, -0.1) is 0 Å². The number of halogens is 1. The number of amidine groups is 1. The van der Waals surface area contributed by atoms with Gasteiger partial charge in [-0.25, -0.2) is 4.99 Å². The maximum Gasteiger partial charge on any atom is 0.182 e. The summed E-state index contributed by atoms with van der Waals surface area (Å²) in [7, 11) is 0. The third kappa shape index (κ3) is 3.46. The lowest BCUT2D eigenvalue weighted by molar-refractivity contribution is 1.03. The topological polar surface area (TPSA) is 36.8 Å². The number of aryl methyl sites for hydroxylation is 1. The highest BCUT2D eigenvalue weighted by molar-refractivity contribution is 8.14. The van der Waals surface area contributed by atoms with Crippen LogP contribution in [-0.4, -0.2) is 16.6 Å². The van der Waals surface area contributed by atoms with Gasteiger partial charge in [0.2, 0.25) is 0 Å². The van der Waals surface area contributed by atoms with Crippen LogP contribution in [0.1, 0.15) is 11.1 Å². The molecule has 3 rings (SSSR count). The standard InChI is InChI=1S/C16H14ClN3S/c1-11-6-8-12(9-7-11)15-10-21-16(20-19-15)18-14-5-3-2-4-13(14)17/h2-9H,10H2,1H3,(H,18,20). The first kappa shape index (κ1) is 14.2. The smallest absolute Gasteiger partial charge is 0.182 e. The van der Waals surface area contributed by atoms with Crippen molar-refractivity contribution in [2.75, 3.05) is 5.75 Å². The number of nitrogens with one attached hydrogen (secondary N) is 1. The van der Waals surface area contributed by atoms with Crippen LogP contribution in [0, 0.1) is 6.92 Å². The van der Waals surface area contributed by atoms with Crippen molar-refractivity contribution >= 4 is 39.9 Å². The van der Waals surface area contributed by atoms with E-state index in [0.29, 0.717) is 5.02 Å². The van der Waals surface area contributed by atoms with Crippen LogP contribution >= 0.6 is 23.4 Å². The van der Waals surface area contributed by atoms with Crippen LogP contribution in [0.25, 0.3) is 0 Å². The maximum absolute atomic E-state index is 6.10. The van der Waals surface area contributed by atoms with E-state index >= 15 is 0 Å². The number of rotatable bonds is 2. The molecule has 3 nitrogen and oxygen atoms in total. The van der Waals surface area contributed by atoms with Crippen LogP contribution in [0.5, 0.6) is 0 Å². The van der Waals surface area contributed by atoms with E-state index in [1.807, 2.05) is 24.3 Å². The van der Waals surface area contributed by atoms with Gasteiger partial charge < -0.3 is 0 Å². The zero-order valence-corrected chi connectivity index (χ0v) is 13.1. The summed E-state index contributed by atoms with van der Waals surface area (Å²) in [5.41, 5.74) is 7.16. The summed E-state index contributed by atoms with van der Waals surface area (Å²) in [4.78, 5) is 4.49. The second kappa shape index (κ2) is 6.33. The third-order valence-corrected chi connectivity index (χ3v) is 4.28. The average molecular weight is 316 g/mol. The second-order valence-corrected chi connectivity index (χ2v) is 6.06. The summed E-state index contributed by atoms with van der Waals surface area (Å²) in [6.07, 6.45) is 0. The minimum Gasteiger partial charge on any atom is -0.255 e. The monoisotopic (exact) mass is 315 g/mol. The molecule has 0 unspecified atom stereocenters. The molecule has 0 aromatic heterocycles. The molecule has 0 amide bonds. The van der Waals surface area contributed by atoms with Crippen molar-refractivity contribution in [2.45, 2.75) is 6.92 Å². The van der Waals surface area contributed by atoms with Crippen LogP contribution in [0.2, 0.25) is 5.02 Å². The first-order chi connectivity index (χ1) is 10.2. The van der Waals surface area contributed by atoms with E-state index in [9.17, 15) is 0 Å². The van der Waals surface area contributed by atoms with Gasteiger partial charge in [-0.05, 0) is 24.6 Å². The number of nitrogens with zero attached hydrogens (tertiary/aromatic N) is 2. The second-order valence-electron chi connectivity index (χ2n) is 4.69. The molecule has 2 aromatic carbocycles. The van der Waals surface area contributed by atoms with Crippen molar-refractivity contribution in [1.29, 1.82) is 0 Å². The zero-order chi connectivity index (χ0) is 14.7. The number of thioether (sulfide) groups is 1. The Morgan fingerprint density at radius 1 is 1.14 bits per heavy atom. The van der Waals surface area contributed by atoms with E-state index in [0.717, 1.165) is 27.9 Å². The highest BCUT2D eigenvalue weighted by Crippen LogP contribution is 2.25. The Kier molecular flexibility index (Phi) is 4.27. The van der Waals surface area contributed by atoms with Gasteiger partial charge >= 0.3 is 0 Å². The number of hydrogen-bond donors (Lipinski definition) is 1. The molecule has 1 heterocycles. The molecule has 106 valence electrons. The van der Waals surface area contributed by atoms with Crippen molar-refractivity contribution in [2.24, 2.45) is 10.1 Å². The van der Waals surface area contributed by atoms with E-state index in [2.05, 4.69) is 46.7 Å². The van der Waals surface area contributed by atoms with Gasteiger partial charge in [0.15, 0.2) is 5.17 Å². The highest BCUT2D eigenvalue weighted by atomic mass is 35.5. The molecular formula is C16H14ClN3S. The normalized spacial score (nSPS) is 16.5. The lowest BCUT2D eigenvalue weighted by Crippen LogP contribution is -2.25. The number of aliphatic imine (C=N–C) groups is 1. The van der Waals surface area contributed by atoms with Crippen molar-refractivity contribution in [3.05, 3.63) is 64.7 Å². The predicted molar refractivity (Wildman–Crippen MR) is 91.9 cm³/mol. The Morgan fingerprint density at radius 2 is 1.90 bits per heavy atom. The Hall–Kier alpha value is -1.78. The summed E-state index contributed by atoms with van der Waals surface area (Å²) in [6.45, 7) is 2.08. The molecule has 1 aliphatic rings. The largest absolute Gasteiger partial charge is 0.255 e. The van der Waals surface area contributed by atoms with E-state index in [-0.39, 0.29) is 0 Å². The quantitative estimate of drug-likeness (QED) is 0.893. The third-order valence-electron chi connectivity index (χ3n) is 3.09. The molecular weight excluding hydrogens is 302 g/mol.